The number of piperazine rings is 1. The van der Waals surface area contributed by atoms with Crippen LogP contribution in [0.2, 0.25) is 0 Å². The highest BCUT2D eigenvalue weighted by molar-refractivity contribution is 5.95. The van der Waals surface area contributed by atoms with Crippen LogP contribution < -0.4 is 10.6 Å². The van der Waals surface area contributed by atoms with Gasteiger partial charge in [-0.2, -0.15) is 0 Å². The van der Waals surface area contributed by atoms with E-state index in [-0.39, 0.29) is 18.3 Å². The number of carbonyl (C=O) groups excluding carboxylic acids is 1. The van der Waals surface area contributed by atoms with Crippen LogP contribution >= 0.6 is 12.4 Å². The van der Waals surface area contributed by atoms with E-state index >= 15 is 0 Å². The largest absolute Gasteiger partial charge is 0.351 e. The second kappa shape index (κ2) is 11.0. The van der Waals surface area contributed by atoms with Crippen molar-refractivity contribution in [3.8, 4) is 0 Å². The molecule has 1 saturated heterocycles. The number of nitrogens with one attached hydrogen (secondary N) is 2. The van der Waals surface area contributed by atoms with Gasteiger partial charge in [0.05, 0.1) is 0 Å². The van der Waals surface area contributed by atoms with Crippen molar-refractivity contribution >= 4 is 18.3 Å². The summed E-state index contributed by atoms with van der Waals surface area (Å²) in [6, 6.07) is 18.4. The zero-order valence-electron chi connectivity index (χ0n) is 15.1. The summed E-state index contributed by atoms with van der Waals surface area (Å²) >= 11 is 0. The van der Waals surface area contributed by atoms with Crippen molar-refractivity contribution in [3.05, 3.63) is 71.3 Å². The van der Waals surface area contributed by atoms with E-state index in [1.807, 2.05) is 24.3 Å². The van der Waals surface area contributed by atoms with Crippen molar-refractivity contribution in [3.63, 3.8) is 0 Å². The molecule has 2 aromatic rings. The molecule has 1 amide bonds. The molecule has 0 bridgehead atoms. The quantitative estimate of drug-likeness (QED) is 0.783. The lowest BCUT2D eigenvalue weighted by molar-refractivity contribution is 0.0946. The number of hydrogen-bond acceptors (Lipinski definition) is 3. The molecule has 0 saturated carbocycles. The molecule has 5 heteroatoms. The number of benzene rings is 2. The molecule has 1 aliphatic rings. The molecule has 0 aliphatic carbocycles. The van der Waals surface area contributed by atoms with Crippen molar-refractivity contribution in [1.29, 1.82) is 0 Å². The van der Waals surface area contributed by atoms with Crippen LogP contribution in [-0.2, 0) is 12.8 Å². The number of carbonyl (C=O) groups is 1. The van der Waals surface area contributed by atoms with Crippen LogP contribution in [-0.4, -0.2) is 50.1 Å². The lowest BCUT2D eigenvalue weighted by atomic mass is 9.99. The Labute approximate surface area is 162 Å². The van der Waals surface area contributed by atoms with Gasteiger partial charge in [0.1, 0.15) is 0 Å². The molecule has 1 heterocycles. The third kappa shape index (κ3) is 6.13. The Morgan fingerprint density at radius 2 is 1.65 bits per heavy atom. The first-order valence-electron chi connectivity index (χ1n) is 9.16. The Morgan fingerprint density at radius 1 is 0.962 bits per heavy atom. The first-order chi connectivity index (χ1) is 12.3. The van der Waals surface area contributed by atoms with Gasteiger partial charge in [-0.05, 0) is 30.0 Å². The molecule has 2 N–H and O–H groups in total. The van der Waals surface area contributed by atoms with Crippen LogP contribution in [0.1, 0.15) is 21.5 Å². The van der Waals surface area contributed by atoms with Crippen LogP contribution in [0.5, 0.6) is 0 Å². The van der Waals surface area contributed by atoms with E-state index in [1.54, 1.807) is 0 Å². The maximum Gasteiger partial charge on any atom is 0.251 e. The summed E-state index contributed by atoms with van der Waals surface area (Å²) in [5.41, 5.74) is 3.22. The van der Waals surface area contributed by atoms with Gasteiger partial charge in [0.2, 0.25) is 0 Å². The van der Waals surface area contributed by atoms with Gasteiger partial charge in [0.15, 0.2) is 0 Å². The van der Waals surface area contributed by atoms with E-state index in [0.29, 0.717) is 6.54 Å². The Balaban J connectivity index is 0.00000243. The molecular weight excluding hydrogens is 346 g/mol. The molecule has 0 aromatic heterocycles. The summed E-state index contributed by atoms with van der Waals surface area (Å²) in [5, 5.41) is 6.43. The molecule has 4 nitrogen and oxygen atoms in total. The molecule has 0 spiro atoms. The summed E-state index contributed by atoms with van der Waals surface area (Å²) in [7, 11) is 0. The van der Waals surface area contributed by atoms with E-state index in [0.717, 1.165) is 56.7 Å². The van der Waals surface area contributed by atoms with Gasteiger partial charge < -0.3 is 10.6 Å². The highest BCUT2D eigenvalue weighted by atomic mass is 35.5. The molecule has 140 valence electrons. The molecule has 0 atom stereocenters. The Kier molecular flexibility index (Phi) is 8.62. The molecule has 3 rings (SSSR count). The number of nitrogens with zero attached hydrogens (tertiary/aromatic N) is 1. The summed E-state index contributed by atoms with van der Waals surface area (Å²) in [5.74, 6) is 0.0406. The zero-order chi connectivity index (χ0) is 17.3. The van der Waals surface area contributed by atoms with E-state index in [9.17, 15) is 4.79 Å². The average Bonchev–Trinajstić information content (AvgIpc) is 2.68. The fourth-order valence-electron chi connectivity index (χ4n) is 3.24. The number of hydrogen-bond donors (Lipinski definition) is 2. The fourth-order valence-corrected chi connectivity index (χ4v) is 3.24. The van der Waals surface area contributed by atoms with Gasteiger partial charge in [0.25, 0.3) is 5.91 Å². The van der Waals surface area contributed by atoms with Gasteiger partial charge in [-0.1, -0.05) is 48.5 Å². The first kappa shape index (κ1) is 20.4. The van der Waals surface area contributed by atoms with E-state index < -0.39 is 0 Å². The normalized spacial score (nSPS) is 14.5. The van der Waals surface area contributed by atoms with Crippen molar-refractivity contribution in [2.24, 2.45) is 0 Å². The summed E-state index contributed by atoms with van der Waals surface area (Å²) in [6.07, 6.45) is 1.83. The van der Waals surface area contributed by atoms with Crippen molar-refractivity contribution in [1.82, 2.24) is 15.5 Å². The molecular formula is C21H28ClN3O. The molecule has 2 aromatic carbocycles. The predicted octanol–water partition coefficient (Wildman–Crippen LogP) is 2.53. The summed E-state index contributed by atoms with van der Waals surface area (Å²) in [4.78, 5) is 15.0. The third-order valence-corrected chi connectivity index (χ3v) is 4.71. The minimum Gasteiger partial charge on any atom is -0.351 e. The highest BCUT2D eigenvalue weighted by Crippen LogP contribution is 2.13. The van der Waals surface area contributed by atoms with Gasteiger partial charge in [-0.15, -0.1) is 12.4 Å². The van der Waals surface area contributed by atoms with Crippen LogP contribution in [0, 0.1) is 0 Å². The standard InChI is InChI=1S/C21H27N3O.ClH/c25-21(23-14-17-24-15-12-22-13-16-24)20-9-5-4-8-19(20)11-10-18-6-2-1-3-7-18;/h1-9,22H,10-17H2,(H,23,25);1H. The van der Waals surface area contributed by atoms with Gasteiger partial charge >= 0.3 is 0 Å². The van der Waals surface area contributed by atoms with Crippen LogP contribution in [0.4, 0.5) is 0 Å². The molecule has 26 heavy (non-hydrogen) atoms. The number of rotatable bonds is 7. The monoisotopic (exact) mass is 373 g/mol. The topological polar surface area (TPSA) is 44.4 Å². The predicted molar refractivity (Wildman–Crippen MR) is 109 cm³/mol. The third-order valence-electron chi connectivity index (χ3n) is 4.71. The van der Waals surface area contributed by atoms with Crippen molar-refractivity contribution in [2.75, 3.05) is 39.3 Å². The zero-order valence-corrected chi connectivity index (χ0v) is 15.9. The smallest absolute Gasteiger partial charge is 0.251 e. The lowest BCUT2D eigenvalue weighted by Gasteiger charge is -2.27. The van der Waals surface area contributed by atoms with E-state index in [2.05, 4.69) is 45.9 Å². The van der Waals surface area contributed by atoms with E-state index in [1.165, 1.54) is 5.56 Å². The SMILES string of the molecule is Cl.O=C(NCCN1CCNCC1)c1ccccc1CCc1ccccc1. The van der Waals surface area contributed by atoms with Gasteiger partial charge in [-0.25, -0.2) is 0 Å². The Morgan fingerprint density at radius 3 is 2.42 bits per heavy atom. The molecule has 0 unspecified atom stereocenters. The number of amides is 1. The Bertz CT molecular complexity index is 672. The lowest BCUT2D eigenvalue weighted by Crippen LogP contribution is -2.46. The van der Waals surface area contributed by atoms with Crippen LogP contribution in [0.3, 0.4) is 0 Å². The summed E-state index contributed by atoms with van der Waals surface area (Å²) < 4.78 is 0. The minimum absolute atomic E-state index is 0. The number of aryl methyl sites for hydroxylation is 2. The van der Waals surface area contributed by atoms with Gasteiger partial charge in [0, 0.05) is 44.8 Å². The summed E-state index contributed by atoms with van der Waals surface area (Å²) in [6.45, 7) is 5.81. The van der Waals surface area contributed by atoms with E-state index in [4.69, 9.17) is 0 Å². The second-order valence-electron chi connectivity index (χ2n) is 6.49. The second-order valence-corrected chi connectivity index (χ2v) is 6.49. The Hall–Kier alpha value is -1.88. The van der Waals surface area contributed by atoms with Crippen molar-refractivity contribution in [2.45, 2.75) is 12.8 Å². The van der Waals surface area contributed by atoms with Crippen LogP contribution in [0.15, 0.2) is 54.6 Å². The maximum atomic E-state index is 12.6. The first-order valence-corrected chi connectivity index (χ1v) is 9.16. The fraction of sp³-hybridized carbons (Fsp3) is 0.381. The highest BCUT2D eigenvalue weighted by Gasteiger charge is 2.12. The maximum absolute atomic E-state index is 12.6. The van der Waals surface area contributed by atoms with Gasteiger partial charge in [-0.3, -0.25) is 9.69 Å². The molecule has 1 aliphatic heterocycles. The van der Waals surface area contributed by atoms with Crippen molar-refractivity contribution < 1.29 is 4.79 Å². The van der Waals surface area contributed by atoms with Crippen LogP contribution in [0.25, 0.3) is 0 Å². The number of halogens is 1. The molecule has 0 radical (unpaired) electrons. The average molecular weight is 374 g/mol. The minimum atomic E-state index is 0. The molecule has 1 fully saturated rings.